The predicted octanol–water partition coefficient (Wildman–Crippen LogP) is 5.64. The first-order valence-electron chi connectivity index (χ1n) is 21.4. The lowest BCUT2D eigenvalue weighted by Gasteiger charge is -2.39. The van der Waals surface area contributed by atoms with Crippen LogP contribution in [0.2, 0.25) is 0 Å². The maximum atomic E-state index is 13.8. The summed E-state index contributed by atoms with van der Waals surface area (Å²) < 4.78 is 5.49. The fourth-order valence-corrected chi connectivity index (χ4v) is 10.3. The van der Waals surface area contributed by atoms with Gasteiger partial charge in [0.2, 0.25) is 0 Å². The quantitative estimate of drug-likeness (QED) is 0.0552. The number of carbonyl (C=O) groups excluding carboxylic acids is 2. The number of aryl methyl sites for hydroxylation is 2. The second-order valence-electron chi connectivity index (χ2n) is 17.2. The molecule has 7 rings (SSSR count). The third-order valence-electron chi connectivity index (χ3n) is 13.4. The molecule has 4 aliphatic rings. The number of unbranched alkanes of at least 4 members (excludes halogenated alkanes) is 1. The van der Waals surface area contributed by atoms with E-state index in [4.69, 9.17) is 16.2 Å². The van der Waals surface area contributed by atoms with E-state index in [2.05, 4.69) is 22.2 Å². The molecule has 8 atom stereocenters. The SMILES string of the molecule is COc1cc2c(cc1O)[C@H]([C@H]1CCCc3c(cc(CCN=C(N)N)c4cc(O)ccc34)[C@@H](O)C1)C#C[C@H]([C@H](O)CCCC[C@H]1CN[C@@H]3CC(=O)CC[C@H]3C1)C(=O)CC2. The number of aliphatic imine (C=N–C) groups is 1. The zero-order chi connectivity index (χ0) is 40.9. The largest absolute Gasteiger partial charge is 0.508 e. The number of phenolic OH excluding ortho intramolecular Hbond substituents is 2. The predicted molar refractivity (Wildman–Crippen MR) is 225 cm³/mol. The Hall–Kier alpha value is -4.63. The van der Waals surface area contributed by atoms with Crippen molar-refractivity contribution in [1.29, 1.82) is 0 Å². The smallest absolute Gasteiger partial charge is 0.185 e. The van der Waals surface area contributed by atoms with E-state index in [1.165, 1.54) is 7.11 Å². The van der Waals surface area contributed by atoms with Crippen molar-refractivity contribution in [3.05, 3.63) is 64.2 Å². The van der Waals surface area contributed by atoms with Gasteiger partial charge in [0.05, 0.1) is 19.3 Å². The highest BCUT2D eigenvalue weighted by Gasteiger charge is 2.36. The first kappa shape index (κ1) is 41.5. The number of nitrogens with two attached hydrogens (primary N) is 2. The first-order chi connectivity index (χ1) is 28.0. The van der Waals surface area contributed by atoms with E-state index >= 15 is 0 Å². The van der Waals surface area contributed by atoms with Crippen LogP contribution in [0.1, 0.15) is 117 Å². The van der Waals surface area contributed by atoms with Gasteiger partial charge in [-0.1, -0.05) is 36.8 Å². The van der Waals surface area contributed by atoms with Crippen LogP contribution in [0.5, 0.6) is 17.2 Å². The van der Waals surface area contributed by atoms with E-state index < -0.39 is 24.0 Å². The highest BCUT2D eigenvalue weighted by molar-refractivity contribution is 5.91. The second kappa shape index (κ2) is 18.5. The van der Waals surface area contributed by atoms with Crippen LogP contribution < -0.4 is 21.5 Å². The van der Waals surface area contributed by atoms with E-state index in [9.17, 15) is 30.0 Å². The van der Waals surface area contributed by atoms with Crippen LogP contribution in [0.3, 0.4) is 0 Å². The van der Waals surface area contributed by atoms with E-state index in [1.54, 1.807) is 24.3 Å². The van der Waals surface area contributed by atoms with Gasteiger partial charge < -0.3 is 41.9 Å². The molecular formula is C47H60N4O7. The second-order valence-corrected chi connectivity index (χ2v) is 17.2. The van der Waals surface area contributed by atoms with Crippen LogP contribution in [0.15, 0.2) is 41.4 Å². The van der Waals surface area contributed by atoms with Crippen molar-refractivity contribution in [2.75, 3.05) is 20.2 Å². The minimum absolute atomic E-state index is 0.00312. The molecule has 9 N–H and O–H groups in total. The minimum atomic E-state index is -0.900. The number of ketones is 2. The van der Waals surface area contributed by atoms with Crippen LogP contribution in [0, 0.1) is 35.5 Å². The molecule has 2 fully saturated rings. The zero-order valence-corrected chi connectivity index (χ0v) is 33.7. The lowest BCUT2D eigenvalue weighted by atomic mass is 9.74. The molecule has 0 amide bonds. The molecule has 3 aromatic carbocycles. The van der Waals surface area contributed by atoms with Crippen LogP contribution in [0.25, 0.3) is 10.8 Å². The Morgan fingerprint density at radius 3 is 2.62 bits per heavy atom. The fourth-order valence-electron chi connectivity index (χ4n) is 10.3. The summed E-state index contributed by atoms with van der Waals surface area (Å²) in [5.41, 5.74) is 15.7. The number of aliphatic hydroxyl groups excluding tert-OH is 2. The summed E-state index contributed by atoms with van der Waals surface area (Å²) in [5.74, 6) is 7.25. The summed E-state index contributed by atoms with van der Waals surface area (Å²) >= 11 is 0. The molecule has 11 nitrogen and oxygen atoms in total. The maximum absolute atomic E-state index is 13.8. The van der Waals surface area contributed by atoms with Crippen LogP contribution in [-0.4, -0.2) is 70.3 Å². The molecule has 0 unspecified atom stereocenters. The van der Waals surface area contributed by atoms with E-state index in [1.807, 2.05) is 12.1 Å². The molecule has 0 bridgehead atoms. The number of hydrogen-bond donors (Lipinski definition) is 7. The standard InChI is InChI=1S/C47H60N4O7/c1-58-46-22-29-10-16-43(55)37(42(54)8-3-2-5-27-19-31-9-11-33(53)24-41(31)51-26-27)15-14-34(39(29)25-45(46)57)28-6-4-7-35-36-13-12-32(52)23-38(36)30(17-18-50-47(48)49)20-40(35)44(56)21-28/h12-13,20,22-23,25,27-28,31,34,37,41-42,44,51-52,54,56-57H,2-11,16-19,21,24,26H2,1H3,(H4,48,49,50)/t27-,28+,31+,34+,37-,41-,42-,44+/m1/s1. The van der Waals surface area contributed by atoms with E-state index in [0.717, 1.165) is 90.1 Å². The van der Waals surface area contributed by atoms with E-state index in [0.29, 0.717) is 80.9 Å². The molecule has 11 heteroatoms. The number of rotatable bonds is 11. The Bertz CT molecular complexity index is 2080. The number of hydrogen-bond acceptors (Lipinski definition) is 9. The Kier molecular flexibility index (Phi) is 13.3. The number of fused-ring (bicyclic) bond motifs is 5. The molecule has 310 valence electrons. The summed E-state index contributed by atoms with van der Waals surface area (Å²) in [6, 6.07) is 11.2. The molecule has 1 saturated carbocycles. The summed E-state index contributed by atoms with van der Waals surface area (Å²) in [5, 5.41) is 50.6. The number of methoxy groups -OCH3 is 1. The van der Waals surface area contributed by atoms with Crippen molar-refractivity contribution >= 4 is 28.3 Å². The van der Waals surface area contributed by atoms with Crippen molar-refractivity contribution < 1.29 is 34.8 Å². The summed E-state index contributed by atoms with van der Waals surface area (Å²) in [7, 11) is 1.50. The van der Waals surface area contributed by atoms with Crippen LogP contribution in [-0.2, 0) is 28.9 Å². The molecule has 58 heavy (non-hydrogen) atoms. The molecule has 1 saturated heterocycles. The van der Waals surface area contributed by atoms with Gasteiger partial charge in [-0.2, -0.15) is 0 Å². The van der Waals surface area contributed by atoms with Gasteiger partial charge in [-0.25, -0.2) is 0 Å². The van der Waals surface area contributed by atoms with Crippen molar-refractivity contribution in [3.63, 3.8) is 0 Å². The fraction of sp³-hybridized carbons (Fsp3) is 0.553. The zero-order valence-electron chi connectivity index (χ0n) is 33.7. The van der Waals surface area contributed by atoms with Gasteiger partial charge in [0.1, 0.15) is 17.5 Å². The molecular weight excluding hydrogens is 733 g/mol. The lowest BCUT2D eigenvalue weighted by Crippen LogP contribution is -2.48. The number of guanidine groups is 1. The number of piperidine rings is 1. The first-order valence-corrected chi connectivity index (χ1v) is 21.4. The van der Waals surface area contributed by atoms with Crippen molar-refractivity contribution in [1.82, 2.24) is 5.32 Å². The van der Waals surface area contributed by atoms with Crippen molar-refractivity contribution in [3.8, 4) is 29.1 Å². The normalized spacial score (nSPS) is 26.6. The van der Waals surface area contributed by atoms with Gasteiger partial charge in [-0.3, -0.25) is 14.6 Å². The lowest BCUT2D eigenvalue weighted by molar-refractivity contribution is -0.124. The third kappa shape index (κ3) is 9.46. The number of aliphatic hydroxyl groups is 2. The van der Waals surface area contributed by atoms with Gasteiger partial charge in [0, 0.05) is 37.8 Å². The number of phenols is 2. The summed E-state index contributed by atoms with van der Waals surface area (Å²) in [6.45, 7) is 1.29. The number of Topliss-reactive ketones (excluding diaryl/α,β-unsaturated/α-hetero) is 2. The minimum Gasteiger partial charge on any atom is -0.508 e. The number of aromatic hydroxyl groups is 2. The van der Waals surface area contributed by atoms with Crippen LogP contribution >= 0.6 is 0 Å². The molecule has 3 aliphatic carbocycles. The van der Waals surface area contributed by atoms with Gasteiger partial charge in [0.25, 0.3) is 0 Å². The van der Waals surface area contributed by atoms with Crippen LogP contribution in [0.4, 0.5) is 0 Å². The average Bonchev–Trinajstić information content (AvgIpc) is 3.25. The van der Waals surface area contributed by atoms with Gasteiger partial charge in [-0.15, -0.1) is 0 Å². The Balaban J connectivity index is 1.12. The monoisotopic (exact) mass is 792 g/mol. The van der Waals surface area contributed by atoms with Gasteiger partial charge in [0.15, 0.2) is 23.2 Å². The number of nitrogens with one attached hydrogen (secondary N) is 1. The van der Waals surface area contributed by atoms with Crippen molar-refractivity contribution in [2.24, 2.45) is 40.1 Å². The number of nitrogens with zero attached hydrogens (tertiary/aromatic N) is 1. The summed E-state index contributed by atoms with van der Waals surface area (Å²) in [4.78, 5) is 29.9. The van der Waals surface area contributed by atoms with Crippen molar-refractivity contribution in [2.45, 2.75) is 120 Å². The molecule has 1 aliphatic heterocycles. The molecule has 0 aromatic heterocycles. The average molecular weight is 793 g/mol. The number of carbonyl (C=O) groups is 2. The highest BCUT2D eigenvalue weighted by atomic mass is 16.5. The van der Waals surface area contributed by atoms with Gasteiger partial charge >= 0.3 is 0 Å². The maximum Gasteiger partial charge on any atom is 0.185 e. The topological polar surface area (TPSA) is 201 Å². The number of ether oxygens (including phenoxy) is 1. The molecule has 0 spiro atoms. The molecule has 3 aromatic rings. The van der Waals surface area contributed by atoms with Gasteiger partial charge in [-0.05, 0) is 151 Å². The Labute approximate surface area is 341 Å². The summed E-state index contributed by atoms with van der Waals surface area (Å²) in [6.07, 6.45) is 8.79. The highest BCUT2D eigenvalue weighted by Crippen LogP contribution is 2.45. The Morgan fingerprint density at radius 1 is 0.966 bits per heavy atom. The van der Waals surface area contributed by atoms with E-state index in [-0.39, 0.29) is 35.6 Å². The number of benzene rings is 3. The Morgan fingerprint density at radius 2 is 1.81 bits per heavy atom. The molecule has 1 heterocycles. The molecule has 0 radical (unpaired) electrons. The third-order valence-corrected chi connectivity index (χ3v) is 13.4.